The van der Waals surface area contributed by atoms with Crippen LogP contribution in [-0.4, -0.2) is 27.4 Å². The van der Waals surface area contributed by atoms with Crippen molar-refractivity contribution in [2.75, 3.05) is 0 Å². The summed E-state index contributed by atoms with van der Waals surface area (Å²) in [5.41, 5.74) is 0. The molecule has 0 fully saturated rings. The van der Waals surface area contributed by atoms with Crippen LogP contribution in [0, 0.1) is 0 Å². The lowest BCUT2D eigenvalue weighted by Crippen LogP contribution is -2.23. The topological polar surface area (TPSA) is 72.3 Å². The van der Waals surface area contributed by atoms with Gasteiger partial charge in [0.2, 0.25) is 5.88 Å². The van der Waals surface area contributed by atoms with Gasteiger partial charge in [-0.2, -0.15) is 5.10 Å². The van der Waals surface area contributed by atoms with Crippen LogP contribution in [0.25, 0.3) is 0 Å². The van der Waals surface area contributed by atoms with Gasteiger partial charge < -0.3 is 9.84 Å². The molecule has 1 N–H and O–H groups in total. The predicted molar refractivity (Wildman–Crippen MR) is 39.8 cm³/mol. The van der Waals surface area contributed by atoms with Crippen LogP contribution in [0.2, 0.25) is 0 Å². The number of aromatic nitrogens is 2. The molecule has 0 spiro atoms. The van der Waals surface area contributed by atoms with Crippen LogP contribution in [0.15, 0.2) is 18.3 Å². The van der Waals surface area contributed by atoms with E-state index in [0.717, 1.165) is 0 Å². The second kappa shape index (κ2) is 3.66. The summed E-state index contributed by atoms with van der Waals surface area (Å²) in [5.74, 6) is -0.812. The van der Waals surface area contributed by atoms with E-state index in [1.54, 1.807) is 12.1 Å². The highest BCUT2D eigenvalue weighted by Gasteiger charge is 2.12. The normalized spacial score (nSPS) is 12.1. The molecule has 5 nitrogen and oxygen atoms in total. The van der Waals surface area contributed by atoms with Crippen molar-refractivity contribution in [2.24, 2.45) is 0 Å². The fourth-order valence-corrected chi connectivity index (χ4v) is 0.582. The molecular weight excluding hydrogens is 160 g/mol. The van der Waals surface area contributed by atoms with Crippen LogP contribution >= 0.6 is 0 Å². The number of carboxylic acid groups (broad SMARTS) is 1. The molecule has 0 bridgehead atoms. The number of aliphatic carboxylic acids is 1. The van der Waals surface area contributed by atoms with Gasteiger partial charge in [-0.05, 0) is 13.0 Å². The molecule has 64 valence electrons. The lowest BCUT2D eigenvalue weighted by Gasteiger charge is -2.07. The fraction of sp³-hybridized carbons (Fsp3) is 0.286. The molecule has 0 amide bonds. The number of carbonyl (C=O) groups is 1. The summed E-state index contributed by atoms with van der Waals surface area (Å²) in [5, 5.41) is 15.6. The summed E-state index contributed by atoms with van der Waals surface area (Å²) in [6.45, 7) is 1.43. The molecule has 12 heavy (non-hydrogen) atoms. The van der Waals surface area contributed by atoms with Crippen LogP contribution in [0.4, 0.5) is 0 Å². The lowest BCUT2D eigenvalue weighted by molar-refractivity contribution is -0.144. The lowest BCUT2D eigenvalue weighted by atomic mass is 10.4. The highest BCUT2D eigenvalue weighted by molar-refractivity contribution is 5.72. The summed E-state index contributed by atoms with van der Waals surface area (Å²) in [4.78, 5) is 10.3. The van der Waals surface area contributed by atoms with Crippen molar-refractivity contribution < 1.29 is 14.6 Å². The van der Waals surface area contributed by atoms with Crippen molar-refractivity contribution in [3.8, 4) is 5.88 Å². The summed E-state index contributed by atoms with van der Waals surface area (Å²) < 4.78 is 4.90. The van der Waals surface area contributed by atoms with Crippen LogP contribution in [0.1, 0.15) is 6.92 Å². The van der Waals surface area contributed by atoms with Crippen LogP contribution in [-0.2, 0) is 4.79 Å². The van der Waals surface area contributed by atoms with Gasteiger partial charge in [0.05, 0.1) is 0 Å². The molecule has 0 saturated heterocycles. The van der Waals surface area contributed by atoms with E-state index >= 15 is 0 Å². The molecule has 0 aliphatic carbocycles. The van der Waals surface area contributed by atoms with E-state index in [1.165, 1.54) is 13.1 Å². The maximum absolute atomic E-state index is 10.3. The summed E-state index contributed by atoms with van der Waals surface area (Å²) in [6.07, 6.45) is 0.583. The highest BCUT2D eigenvalue weighted by Crippen LogP contribution is 2.04. The minimum Gasteiger partial charge on any atom is -0.479 e. The molecule has 1 heterocycles. The molecule has 0 aliphatic heterocycles. The third-order valence-electron chi connectivity index (χ3n) is 1.19. The second-order valence-corrected chi connectivity index (χ2v) is 2.16. The zero-order valence-corrected chi connectivity index (χ0v) is 6.47. The van der Waals surface area contributed by atoms with E-state index in [0.29, 0.717) is 0 Å². The van der Waals surface area contributed by atoms with Gasteiger partial charge >= 0.3 is 5.97 Å². The van der Waals surface area contributed by atoms with Crippen molar-refractivity contribution in [3.05, 3.63) is 18.3 Å². The molecule has 0 aliphatic rings. The first-order chi connectivity index (χ1) is 5.70. The third-order valence-corrected chi connectivity index (χ3v) is 1.19. The zero-order chi connectivity index (χ0) is 8.97. The third kappa shape index (κ3) is 2.19. The smallest absolute Gasteiger partial charge is 0.344 e. The summed E-state index contributed by atoms with van der Waals surface area (Å²) in [6, 6.07) is 3.17. The van der Waals surface area contributed by atoms with Crippen molar-refractivity contribution in [1.29, 1.82) is 0 Å². The zero-order valence-electron chi connectivity index (χ0n) is 6.47. The predicted octanol–water partition coefficient (Wildman–Crippen LogP) is 0.328. The monoisotopic (exact) mass is 168 g/mol. The Morgan fingerprint density at radius 2 is 2.50 bits per heavy atom. The Morgan fingerprint density at radius 3 is 3.00 bits per heavy atom. The number of carboxylic acids is 1. The highest BCUT2D eigenvalue weighted by atomic mass is 16.5. The average Bonchev–Trinajstić information content (AvgIpc) is 2.06. The maximum Gasteiger partial charge on any atom is 0.344 e. The first-order valence-electron chi connectivity index (χ1n) is 3.37. The Balaban J connectivity index is 2.58. The van der Waals surface area contributed by atoms with Crippen LogP contribution < -0.4 is 4.74 Å². The molecular formula is C7H8N2O3. The Bertz CT molecular complexity index is 263. The van der Waals surface area contributed by atoms with Gasteiger partial charge in [-0.25, -0.2) is 4.79 Å². The van der Waals surface area contributed by atoms with Crippen LogP contribution in [0.3, 0.4) is 0 Å². The first kappa shape index (κ1) is 8.45. The van der Waals surface area contributed by atoms with Gasteiger partial charge in [-0.3, -0.25) is 0 Å². The van der Waals surface area contributed by atoms with Crippen molar-refractivity contribution in [3.63, 3.8) is 0 Å². The number of hydrogen-bond donors (Lipinski definition) is 1. The van der Waals surface area contributed by atoms with Gasteiger partial charge in [-0.1, -0.05) is 0 Å². The van der Waals surface area contributed by atoms with Crippen LogP contribution in [0.5, 0.6) is 5.88 Å². The fourth-order valence-electron chi connectivity index (χ4n) is 0.582. The molecule has 0 saturated carbocycles. The molecule has 0 radical (unpaired) electrons. The number of hydrogen-bond acceptors (Lipinski definition) is 4. The number of ether oxygens (including phenoxy) is 1. The molecule has 0 unspecified atom stereocenters. The van der Waals surface area contributed by atoms with Gasteiger partial charge in [0.1, 0.15) is 0 Å². The van der Waals surface area contributed by atoms with Crippen molar-refractivity contribution >= 4 is 5.97 Å². The van der Waals surface area contributed by atoms with Gasteiger partial charge in [0, 0.05) is 12.3 Å². The van der Waals surface area contributed by atoms with E-state index in [9.17, 15) is 4.79 Å². The summed E-state index contributed by atoms with van der Waals surface area (Å²) >= 11 is 0. The number of rotatable bonds is 3. The van der Waals surface area contributed by atoms with E-state index in [-0.39, 0.29) is 5.88 Å². The molecule has 1 rings (SSSR count). The first-order valence-corrected chi connectivity index (χ1v) is 3.37. The van der Waals surface area contributed by atoms with Crippen molar-refractivity contribution in [2.45, 2.75) is 13.0 Å². The standard InChI is InChI=1S/C7H8N2O3/c1-5(7(10)11)12-6-3-2-4-8-9-6/h2-5H,1H3,(H,10,11)/t5-/m0/s1. The maximum atomic E-state index is 10.3. The van der Waals surface area contributed by atoms with Crippen molar-refractivity contribution in [1.82, 2.24) is 10.2 Å². The largest absolute Gasteiger partial charge is 0.479 e. The van der Waals surface area contributed by atoms with E-state index in [4.69, 9.17) is 9.84 Å². The van der Waals surface area contributed by atoms with E-state index < -0.39 is 12.1 Å². The summed E-state index contributed by atoms with van der Waals surface area (Å²) in [7, 11) is 0. The Hall–Kier alpha value is -1.65. The number of nitrogens with zero attached hydrogens (tertiary/aromatic N) is 2. The van der Waals surface area contributed by atoms with Gasteiger partial charge in [-0.15, -0.1) is 5.10 Å². The molecule has 1 atom stereocenters. The minimum absolute atomic E-state index is 0.215. The average molecular weight is 168 g/mol. The SMILES string of the molecule is C[C@H](Oc1cccnn1)C(=O)O. The van der Waals surface area contributed by atoms with Gasteiger partial charge in [0.25, 0.3) is 0 Å². The van der Waals surface area contributed by atoms with E-state index in [1.807, 2.05) is 0 Å². The minimum atomic E-state index is -1.03. The Labute approximate surface area is 69.0 Å². The molecule has 1 aromatic rings. The molecule has 0 aromatic carbocycles. The van der Waals surface area contributed by atoms with Gasteiger partial charge in [0.15, 0.2) is 6.10 Å². The van der Waals surface area contributed by atoms with E-state index in [2.05, 4.69) is 10.2 Å². The Kier molecular flexibility index (Phi) is 2.57. The molecule has 5 heteroatoms. The Morgan fingerprint density at radius 1 is 1.75 bits per heavy atom. The second-order valence-electron chi connectivity index (χ2n) is 2.16. The molecule has 1 aromatic heterocycles. The quantitative estimate of drug-likeness (QED) is 0.704.